The minimum Gasteiger partial charge on any atom is -0.350 e. The second-order valence-corrected chi connectivity index (χ2v) is 4.94. The van der Waals surface area contributed by atoms with E-state index in [0.29, 0.717) is 12.1 Å². The van der Waals surface area contributed by atoms with Gasteiger partial charge in [-0.15, -0.1) is 6.58 Å². The quantitative estimate of drug-likeness (QED) is 0.752. The number of anilines is 1. The van der Waals surface area contributed by atoms with Crippen LogP contribution in [0.5, 0.6) is 0 Å². The molecule has 0 atom stereocenters. The van der Waals surface area contributed by atoms with E-state index >= 15 is 0 Å². The molecule has 0 bridgehead atoms. The molecule has 1 aromatic rings. The van der Waals surface area contributed by atoms with E-state index in [1.807, 2.05) is 12.3 Å². The molecule has 1 aromatic heterocycles. The Morgan fingerprint density at radius 2 is 2.11 bits per heavy atom. The molecular formula is C14H24N4. The lowest BCUT2D eigenvalue weighted by molar-refractivity contribution is 0.583. The highest BCUT2D eigenvalue weighted by Gasteiger charge is 2.14. The van der Waals surface area contributed by atoms with Crippen LogP contribution < -0.4 is 10.2 Å². The van der Waals surface area contributed by atoms with Crippen molar-refractivity contribution in [3.05, 3.63) is 30.7 Å². The molecule has 18 heavy (non-hydrogen) atoms. The van der Waals surface area contributed by atoms with Crippen molar-refractivity contribution in [2.24, 2.45) is 0 Å². The Morgan fingerprint density at radius 3 is 2.67 bits per heavy atom. The lowest BCUT2D eigenvalue weighted by atomic mass is 10.2. The molecule has 0 aliphatic rings. The fourth-order valence-corrected chi connectivity index (χ4v) is 1.73. The SMILES string of the molecule is C=CCN(c1ncncc1CNC(C)C)C(C)C. The molecule has 0 amide bonds. The van der Waals surface area contributed by atoms with Crippen LogP contribution in [0.25, 0.3) is 0 Å². The number of rotatable bonds is 7. The Labute approximate surface area is 110 Å². The van der Waals surface area contributed by atoms with Gasteiger partial charge in [0, 0.05) is 36.9 Å². The fraction of sp³-hybridized carbons (Fsp3) is 0.571. The Bertz CT molecular complexity index is 374. The Balaban J connectivity index is 2.94. The van der Waals surface area contributed by atoms with Gasteiger partial charge >= 0.3 is 0 Å². The smallest absolute Gasteiger partial charge is 0.136 e. The number of aromatic nitrogens is 2. The van der Waals surface area contributed by atoms with Gasteiger partial charge in [0.05, 0.1) is 0 Å². The lowest BCUT2D eigenvalue weighted by Gasteiger charge is -2.28. The van der Waals surface area contributed by atoms with E-state index in [1.165, 1.54) is 0 Å². The summed E-state index contributed by atoms with van der Waals surface area (Å²) in [4.78, 5) is 10.8. The zero-order valence-corrected chi connectivity index (χ0v) is 11.8. The Morgan fingerprint density at radius 1 is 1.39 bits per heavy atom. The van der Waals surface area contributed by atoms with Gasteiger partial charge in [-0.05, 0) is 13.8 Å². The molecule has 0 aromatic carbocycles. The summed E-state index contributed by atoms with van der Waals surface area (Å²) in [7, 11) is 0. The number of nitrogens with zero attached hydrogens (tertiary/aromatic N) is 3. The van der Waals surface area contributed by atoms with Crippen LogP contribution in [0.2, 0.25) is 0 Å². The molecule has 4 nitrogen and oxygen atoms in total. The first kappa shape index (κ1) is 14.6. The van der Waals surface area contributed by atoms with E-state index in [-0.39, 0.29) is 0 Å². The third kappa shape index (κ3) is 4.11. The molecule has 1 heterocycles. The summed E-state index contributed by atoms with van der Waals surface area (Å²) in [6, 6.07) is 0.834. The summed E-state index contributed by atoms with van der Waals surface area (Å²) in [5.74, 6) is 0.994. The van der Waals surface area contributed by atoms with Gasteiger partial charge in [-0.25, -0.2) is 9.97 Å². The van der Waals surface area contributed by atoms with Crippen LogP contribution in [0.4, 0.5) is 5.82 Å². The topological polar surface area (TPSA) is 41.1 Å². The first-order valence-corrected chi connectivity index (χ1v) is 6.46. The lowest BCUT2D eigenvalue weighted by Crippen LogP contribution is -2.33. The van der Waals surface area contributed by atoms with Gasteiger partial charge in [0.25, 0.3) is 0 Å². The average molecular weight is 248 g/mol. The maximum absolute atomic E-state index is 4.42. The molecule has 0 unspecified atom stereocenters. The largest absolute Gasteiger partial charge is 0.350 e. The molecule has 1 N–H and O–H groups in total. The molecule has 0 saturated carbocycles. The van der Waals surface area contributed by atoms with Gasteiger partial charge in [0.2, 0.25) is 0 Å². The second kappa shape index (κ2) is 7.11. The summed E-state index contributed by atoms with van der Waals surface area (Å²) >= 11 is 0. The molecule has 0 radical (unpaired) electrons. The van der Waals surface area contributed by atoms with Crippen molar-refractivity contribution in [3.63, 3.8) is 0 Å². The van der Waals surface area contributed by atoms with E-state index in [0.717, 1.165) is 24.5 Å². The van der Waals surface area contributed by atoms with Crippen LogP contribution in [-0.2, 0) is 6.54 Å². The van der Waals surface area contributed by atoms with E-state index in [9.17, 15) is 0 Å². The van der Waals surface area contributed by atoms with Gasteiger partial charge < -0.3 is 10.2 Å². The van der Waals surface area contributed by atoms with Crippen LogP contribution in [0.1, 0.15) is 33.3 Å². The van der Waals surface area contributed by atoms with Crippen molar-refractivity contribution < 1.29 is 0 Å². The third-order valence-electron chi connectivity index (χ3n) is 2.69. The van der Waals surface area contributed by atoms with Crippen molar-refractivity contribution in [2.45, 2.75) is 46.3 Å². The first-order valence-electron chi connectivity index (χ1n) is 6.46. The molecule has 4 heteroatoms. The molecule has 0 aliphatic heterocycles. The van der Waals surface area contributed by atoms with Crippen LogP contribution in [-0.4, -0.2) is 28.6 Å². The van der Waals surface area contributed by atoms with E-state index < -0.39 is 0 Å². The standard InChI is InChI=1S/C14H24N4/c1-6-7-18(12(4)5)14-13(8-15-10-17-14)9-16-11(2)3/h6,8,10-12,16H,1,7,9H2,2-5H3. The maximum atomic E-state index is 4.42. The normalized spacial score (nSPS) is 11.0. The molecule has 1 rings (SSSR count). The molecular weight excluding hydrogens is 224 g/mol. The second-order valence-electron chi connectivity index (χ2n) is 4.94. The average Bonchev–Trinajstić information content (AvgIpc) is 2.33. The summed E-state index contributed by atoms with van der Waals surface area (Å²) in [5, 5.41) is 3.41. The van der Waals surface area contributed by atoms with Crippen molar-refractivity contribution in [3.8, 4) is 0 Å². The van der Waals surface area contributed by atoms with Crippen molar-refractivity contribution >= 4 is 5.82 Å². The van der Waals surface area contributed by atoms with Gasteiger partial charge in [-0.3, -0.25) is 0 Å². The van der Waals surface area contributed by atoms with Gasteiger partial charge in [-0.2, -0.15) is 0 Å². The van der Waals surface area contributed by atoms with Crippen LogP contribution in [0.3, 0.4) is 0 Å². The monoisotopic (exact) mass is 248 g/mol. The molecule has 0 aliphatic carbocycles. The third-order valence-corrected chi connectivity index (χ3v) is 2.69. The predicted molar refractivity (Wildman–Crippen MR) is 76.7 cm³/mol. The number of hydrogen-bond acceptors (Lipinski definition) is 4. The highest BCUT2D eigenvalue weighted by atomic mass is 15.2. The molecule has 100 valence electrons. The van der Waals surface area contributed by atoms with Crippen molar-refractivity contribution in [2.75, 3.05) is 11.4 Å². The van der Waals surface area contributed by atoms with E-state index in [4.69, 9.17) is 0 Å². The van der Waals surface area contributed by atoms with Crippen LogP contribution in [0, 0.1) is 0 Å². The zero-order chi connectivity index (χ0) is 13.5. The summed E-state index contributed by atoms with van der Waals surface area (Å²) in [6.45, 7) is 14.0. The van der Waals surface area contributed by atoms with Crippen LogP contribution >= 0.6 is 0 Å². The first-order chi connectivity index (χ1) is 8.56. The molecule has 0 saturated heterocycles. The van der Waals surface area contributed by atoms with E-state index in [1.54, 1.807) is 6.33 Å². The summed E-state index contributed by atoms with van der Waals surface area (Å²) in [6.07, 6.45) is 5.39. The summed E-state index contributed by atoms with van der Waals surface area (Å²) in [5.41, 5.74) is 1.13. The molecule has 0 fully saturated rings. The number of nitrogens with one attached hydrogen (secondary N) is 1. The van der Waals surface area contributed by atoms with Crippen molar-refractivity contribution in [1.29, 1.82) is 0 Å². The maximum Gasteiger partial charge on any atom is 0.136 e. The summed E-state index contributed by atoms with van der Waals surface area (Å²) < 4.78 is 0. The van der Waals surface area contributed by atoms with Gasteiger partial charge in [-0.1, -0.05) is 19.9 Å². The number of hydrogen-bond donors (Lipinski definition) is 1. The van der Waals surface area contributed by atoms with Crippen LogP contribution in [0.15, 0.2) is 25.2 Å². The van der Waals surface area contributed by atoms with E-state index in [2.05, 4.69) is 54.5 Å². The highest BCUT2D eigenvalue weighted by molar-refractivity contribution is 5.46. The Hall–Kier alpha value is -1.42. The predicted octanol–water partition coefficient (Wildman–Crippen LogP) is 2.38. The van der Waals surface area contributed by atoms with Gasteiger partial charge in [0.15, 0.2) is 0 Å². The zero-order valence-electron chi connectivity index (χ0n) is 11.8. The minimum absolute atomic E-state index is 0.385. The fourth-order valence-electron chi connectivity index (χ4n) is 1.73. The minimum atomic E-state index is 0.385. The molecule has 0 spiro atoms. The highest BCUT2D eigenvalue weighted by Crippen LogP contribution is 2.18. The van der Waals surface area contributed by atoms with Gasteiger partial charge in [0.1, 0.15) is 12.1 Å². The Kier molecular flexibility index (Phi) is 5.78. The van der Waals surface area contributed by atoms with Crippen molar-refractivity contribution in [1.82, 2.24) is 15.3 Å².